The van der Waals surface area contributed by atoms with E-state index in [0.29, 0.717) is 35.2 Å². The molecule has 1 saturated carbocycles. The normalized spacial score (nSPS) is 24.9. The third-order valence-corrected chi connectivity index (χ3v) is 7.01. The van der Waals surface area contributed by atoms with E-state index in [1.807, 2.05) is 31.3 Å². The number of aromatic carboxylic acids is 1. The van der Waals surface area contributed by atoms with Crippen molar-refractivity contribution in [1.82, 2.24) is 10.3 Å². The molecular weight excluding hydrogens is 396 g/mol. The van der Waals surface area contributed by atoms with Gasteiger partial charge in [-0.2, -0.15) is 0 Å². The molecule has 31 heavy (non-hydrogen) atoms. The lowest BCUT2D eigenvalue weighted by Gasteiger charge is -2.25. The quantitative estimate of drug-likeness (QED) is 0.529. The van der Waals surface area contributed by atoms with Crippen LogP contribution in [-0.4, -0.2) is 59.6 Å². The van der Waals surface area contributed by atoms with Gasteiger partial charge in [0.05, 0.1) is 11.2 Å². The number of carboxylic acids is 1. The zero-order valence-corrected chi connectivity index (χ0v) is 17.8. The SMILES string of the molecule is C=NC12CCC(NC)C1CN(c1ccc(-c3[nH]c(=O)c(C(=O)O)c(O)c3CC)cc1)C2. The number of rotatable bonds is 6. The van der Waals surface area contributed by atoms with Crippen LogP contribution in [0, 0.1) is 5.92 Å². The first-order valence-electron chi connectivity index (χ1n) is 10.6. The van der Waals surface area contributed by atoms with Gasteiger partial charge in [-0.1, -0.05) is 19.1 Å². The Morgan fingerprint density at radius 3 is 2.68 bits per heavy atom. The van der Waals surface area contributed by atoms with E-state index in [0.717, 1.165) is 31.6 Å². The van der Waals surface area contributed by atoms with Gasteiger partial charge in [-0.05, 0) is 50.7 Å². The number of aromatic hydroxyl groups is 1. The van der Waals surface area contributed by atoms with Gasteiger partial charge in [0.1, 0.15) is 5.75 Å². The van der Waals surface area contributed by atoms with E-state index in [1.165, 1.54) is 0 Å². The van der Waals surface area contributed by atoms with Crippen molar-refractivity contribution in [2.24, 2.45) is 10.9 Å². The van der Waals surface area contributed by atoms with E-state index in [4.69, 9.17) is 0 Å². The Hall–Kier alpha value is -3.13. The Labute approximate surface area is 180 Å². The van der Waals surface area contributed by atoms with Gasteiger partial charge >= 0.3 is 5.97 Å². The number of anilines is 1. The van der Waals surface area contributed by atoms with Gasteiger partial charge in [0, 0.05) is 36.3 Å². The molecule has 2 aliphatic rings. The van der Waals surface area contributed by atoms with Crippen molar-refractivity contribution in [3.63, 3.8) is 0 Å². The van der Waals surface area contributed by atoms with Crippen LogP contribution in [0.25, 0.3) is 11.3 Å². The first-order valence-corrected chi connectivity index (χ1v) is 10.6. The number of hydrogen-bond acceptors (Lipinski definition) is 6. The van der Waals surface area contributed by atoms with Crippen LogP contribution in [0.5, 0.6) is 5.75 Å². The summed E-state index contributed by atoms with van der Waals surface area (Å²) in [4.78, 5) is 33.1. The van der Waals surface area contributed by atoms with Crippen molar-refractivity contribution in [1.29, 1.82) is 0 Å². The second-order valence-corrected chi connectivity index (χ2v) is 8.42. The fraction of sp³-hybridized carbons (Fsp3) is 0.435. The number of nitrogens with zero attached hydrogens (tertiary/aromatic N) is 2. The van der Waals surface area contributed by atoms with Gasteiger partial charge < -0.3 is 25.4 Å². The summed E-state index contributed by atoms with van der Waals surface area (Å²) in [5, 5.41) is 23.0. The molecule has 4 N–H and O–H groups in total. The van der Waals surface area contributed by atoms with Gasteiger partial charge in [-0.3, -0.25) is 9.79 Å². The molecule has 3 unspecified atom stereocenters. The van der Waals surface area contributed by atoms with Crippen LogP contribution in [0.3, 0.4) is 0 Å². The fourth-order valence-corrected chi connectivity index (χ4v) is 5.34. The highest BCUT2D eigenvalue weighted by Gasteiger charge is 2.53. The van der Waals surface area contributed by atoms with E-state index in [1.54, 1.807) is 6.92 Å². The maximum atomic E-state index is 12.2. The second-order valence-electron chi connectivity index (χ2n) is 8.42. The number of nitrogens with one attached hydrogen (secondary N) is 2. The van der Waals surface area contributed by atoms with Gasteiger partial charge in [0.15, 0.2) is 5.56 Å². The summed E-state index contributed by atoms with van der Waals surface area (Å²) < 4.78 is 0. The summed E-state index contributed by atoms with van der Waals surface area (Å²) >= 11 is 0. The van der Waals surface area contributed by atoms with Crippen LogP contribution in [0.2, 0.25) is 0 Å². The molecular formula is C23H28N4O4. The number of fused-ring (bicyclic) bond motifs is 1. The molecule has 2 heterocycles. The maximum Gasteiger partial charge on any atom is 0.345 e. The molecule has 0 bridgehead atoms. The molecule has 1 aromatic heterocycles. The predicted molar refractivity (Wildman–Crippen MR) is 121 cm³/mol. The van der Waals surface area contributed by atoms with Crippen LogP contribution < -0.4 is 15.8 Å². The number of hydrogen-bond donors (Lipinski definition) is 4. The number of aromatic amines is 1. The Morgan fingerprint density at radius 1 is 1.39 bits per heavy atom. The van der Waals surface area contributed by atoms with E-state index in [9.17, 15) is 19.8 Å². The smallest absolute Gasteiger partial charge is 0.345 e. The van der Waals surface area contributed by atoms with Crippen molar-refractivity contribution in [2.75, 3.05) is 25.0 Å². The monoisotopic (exact) mass is 424 g/mol. The van der Waals surface area contributed by atoms with E-state index >= 15 is 0 Å². The zero-order chi connectivity index (χ0) is 22.3. The van der Waals surface area contributed by atoms with Gasteiger partial charge in [0.2, 0.25) is 0 Å². The lowest BCUT2D eigenvalue weighted by molar-refractivity contribution is 0.0691. The third kappa shape index (κ3) is 3.31. The van der Waals surface area contributed by atoms with Crippen LogP contribution in [0.1, 0.15) is 35.7 Å². The minimum Gasteiger partial charge on any atom is -0.506 e. The molecule has 1 aliphatic carbocycles. The number of aromatic nitrogens is 1. The molecule has 8 heteroatoms. The summed E-state index contributed by atoms with van der Waals surface area (Å²) in [6.07, 6.45) is 2.51. The van der Waals surface area contributed by atoms with E-state index < -0.39 is 22.8 Å². The first-order chi connectivity index (χ1) is 14.8. The third-order valence-electron chi connectivity index (χ3n) is 7.01. The standard InChI is InChI=1S/C23H28N4O4/c1-4-15-19(26-21(29)18(20(15)28)22(30)31)13-5-7-14(8-6-13)27-11-16-17(24-2)9-10-23(16,12-27)25-3/h5-8,16-17,24H,3-4,9-12H2,1-2H3,(H,30,31)(H2,26,28,29). The number of carboxylic acid groups (broad SMARTS) is 1. The minimum absolute atomic E-state index is 0.120. The lowest BCUT2D eigenvalue weighted by atomic mass is 9.90. The van der Waals surface area contributed by atoms with Crippen LogP contribution in [-0.2, 0) is 6.42 Å². The fourth-order valence-electron chi connectivity index (χ4n) is 5.34. The predicted octanol–water partition coefficient (Wildman–Crippen LogP) is 2.27. The van der Waals surface area contributed by atoms with Gasteiger partial charge in [-0.15, -0.1) is 0 Å². The molecule has 4 rings (SSSR count). The number of aliphatic imine (C=N–C) groups is 1. The van der Waals surface area contributed by atoms with Crippen molar-refractivity contribution in [3.8, 4) is 17.0 Å². The van der Waals surface area contributed by atoms with Crippen molar-refractivity contribution in [3.05, 3.63) is 45.7 Å². The molecule has 164 valence electrons. The van der Waals surface area contributed by atoms with Crippen LogP contribution in [0.4, 0.5) is 5.69 Å². The molecule has 0 spiro atoms. The second kappa shape index (κ2) is 7.85. The molecule has 3 atom stereocenters. The molecule has 8 nitrogen and oxygen atoms in total. The number of benzene rings is 1. The topological polar surface area (TPSA) is 118 Å². The average molecular weight is 425 g/mol. The molecule has 1 aromatic carbocycles. The highest BCUT2D eigenvalue weighted by atomic mass is 16.4. The number of carbonyl (C=O) groups is 1. The van der Waals surface area contributed by atoms with Crippen LogP contribution in [0.15, 0.2) is 34.1 Å². The van der Waals surface area contributed by atoms with Crippen molar-refractivity contribution >= 4 is 18.4 Å². The highest BCUT2D eigenvalue weighted by molar-refractivity contribution is 5.92. The van der Waals surface area contributed by atoms with Crippen molar-refractivity contribution < 1.29 is 15.0 Å². The summed E-state index contributed by atoms with van der Waals surface area (Å²) in [6, 6.07) is 8.18. The average Bonchev–Trinajstić information content (AvgIpc) is 3.29. The maximum absolute atomic E-state index is 12.2. The molecule has 1 aliphatic heterocycles. The highest BCUT2D eigenvalue weighted by Crippen LogP contribution is 2.45. The van der Waals surface area contributed by atoms with Gasteiger partial charge in [0.25, 0.3) is 5.56 Å². The Morgan fingerprint density at radius 2 is 2.10 bits per heavy atom. The first kappa shape index (κ1) is 21.1. The Balaban J connectivity index is 1.65. The Bertz CT molecular complexity index is 1080. The molecule has 2 aromatic rings. The summed E-state index contributed by atoms with van der Waals surface area (Å²) in [5.41, 5.74) is 1.07. The number of H-pyrrole nitrogens is 1. The minimum atomic E-state index is -1.44. The molecule has 0 radical (unpaired) electrons. The molecule has 1 saturated heterocycles. The lowest BCUT2D eigenvalue weighted by Crippen LogP contribution is -2.38. The molecule has 0 amide bonds. The Kier molecular flexibility index (Phi) is 5.35. The molecule has 2 fully saturated rings. The van der Waals surface area contributed by atoms with E-state index in [-0.39, 0.29) is 5.54 Å². The van der Waals surface area contributed by atoms with Gasteiger partial charge in [-0.25, -0.2) is 4.79 Å². The largest absolute Gasteiger partial charge is 0.506 e. The zero-order valence-electron chi connectivity index (χ0n) is 17.8. The summed E-state index contributed by atoms with van der Waals surface area (Å²) in [5.74, 6) is -1.50. The van der Waals surface area contributed by atoms with Crippen molar-refractivity contribution in [2.45, 2.75) is 37.8 Å². The summed E-state index contributed by atoms with van der Waals surface area (Å²) in [7, 11) is 2.00. The van der Waals surface area contributed by atoms with Crippen LogP contribution >= 0.6 is 0 Å². The summed E-state index contributed by atoms with van der Waals surface area (Å²) in [6.45, 7) is 7.40. The number of pyridine rings is 1. The van der Waals surface area contributed by atoms with E-state index in [2.05, 4.69) is 26.9 Å².